The number of hydrogen-bond donors (Lipinski definition) is 1. The maximum absolute atomic E-state index is 13.9. The second kappa shape index (κ2) is 11.3. The van der Waals surface area contributed by atoms with E-state index in [1.165, 1.54) is 5.56 Å². The van der Waals surface area contributed by atoms with E-state index in [9.17, 15) is 22.4 Å². The summed E-state index contributed by atoms with van der Waals surface area (Å²) in [5, 5.41) is 3.55. The number of nitrogens with zero attached hydrogens (tertiary/aromatic N) is 3. The standard InChI is InChI=1S/C29H28F4N4OS/c1-19-7-8-26-25(13-19)35-27(39-26)18-36-11-9-24(10-12-36)37(17-20-5-3-2-4-6-20)28(38)34-23-15-21(29(31,32)33)14-22(30)16-23/h2-8,13-16,24H,9-12,17-18H2,1H3,(H,34,38). The molecule has 0 unspecified atom stereocenters. The zero-order valence-electron chi connectivity index (χ0n) is 21.3. The Labute approximate surface area is 228 Å². The fourth-order valence-corrected chi connectivity index (χ4v) is 5.89. The molecule has 4 aromatic rings. The van der Waals surface area contributed by atoms with Gasteiger partial charge in [0.15, 0.2) is 0 Å². The number of halogens is 4. The number of alkyl halides is 3. The van der Waals surface area contributed by atoms with E-state index in [-0.39, 0.29) is 18.3 Å². The number of amides is 2. The number of hydrogen-bond acceptors (Lipinski definition) is 4. The number of piperidine rings is 1. The lowest BCUT2D eigenvalue weighted by Gasteiger charge is -2.38. The van der Waals surface area contributed by atoms with Crippen molar-refractivity contribution < 1.29 is 22.4 Å². The SMILES string of the molecule is Cc1ccc2sc(CN3CCC(N(Cc4ccccc4)C(=O)Nc4cc(F)cc(C(F)(F)F)c4)CC3)nc2c1. The zero-order chi connectivity index (χ0) is 27.6. The van der Waals surface area contributed by atoms with Crippen molar-refractivity contribution >= 4 is 33.3 Å². The molecule has 0 bridgehead atoms. The van der Waals surface area contributed by atoms with Crippen LogP contribution in [0.2, 0.25) is 0 Å². The van der Waals surface area contributed by atoms with Crippen molar-refractivity contribution in [1.82, 2.24) is 14.8 Å². The molecule has 5 nitrogen and oxygen atoms in total. The molecule has 39 heavy (non-hydrogen) atoms. The summed E-state index contributed by atoms with van der Waals surface area (Å²) < 4.78 is 54.7. The molecular weight excluding hydrogens is 528 g/mol. The smallest absolute Gasteiger partial charge is 0.317 e. The molecule has 0 saturated carbocycles. The first kappa shape index (κ1) is 27.1. The second-order valence-electron chi connectivity index (χ2n) is 9.86. The van der Waals surface area contributed by atoms with Crippen molar-refractivity contribution in [2.24, 2.45) is 0 Å². The summed E-state index contributed by atoms with van der Waals surface area (Å²) in [5.41, 5.74) is 1.70. The Kier molecular flexibility index (Phi) is 7.86. The molecule has 1 aliphatic rings. The van der Waals surface area contributed by atoms with E-state index in [1.54, 1.807) is 16.2 Å². The highest BCUT2D eigenvalue weighted by atomic mass is 32.1. The van der Waals surface area contributed by atoms with E-state index in [1.807, 2.05) is 37.3 Å². The van der Waals surface area contributed by atoms with Crippen LogP contribution in [0.25, 0.3) is 10.2 Å². The van der Waals surface area contributed by atoms with Crippen molar-refractivity contribution in [2.45, 2.75) is 45.1 Å². The molecule has 0 aliphatic carbocycles. The molecule has 1 N–H and O–H groups in total. The van der Waals surface area contributed by atoms with Crippen LogP contribution in [0.5, 0.6) is 0 Å². The van der Waals surface area contributed by atoms with Crippen molar-refractivity contribution in [3.63, 3.8) is 0 Å². The molecule has 3 aromatic carbocycles. The maximum Gasteiger partial charge on any atom is 0.416 e. The number of carbonyl (C=O) groups is 1. The van der Waals surface area contributed by atoms with Gasteiger partial charge in [0.1, 0.15) is 10.8 Å². The average molecular weight is 557 g/mol. The number of thiazole rings is 1. The molecule has 1 fully saturated rings. The number of fused-ring (bicyclic) bond motifs is 1. The van der Waals surface area contributed by atoms with E-state index in [0.717, 1.165) is 52.6 Å². The molecule has 1 saturated heterocycles. The fourth-order valence-electron chi connectivity index (χ4n) is 4.90. The van der Waals surface area contributed by atoms with E-state index >= 15 is 0 Å². The van der Waals surface area contributed by atoms with Crippen LogP contribution < -0.4 is 5.32 Å². The minimum Gasteiger partial charge on any atom is -0.317 e. The lowest BCUT2D eigenvalue weighted by atomic mass is 10.0. The Morgan fingerprint density at radius 1 is 1.08 bits per heavy atom. The van der Waals surface area contributed by atoms with Gasteiger partial charge in [-0.3, -0.25) is 4.90 Å². The third kappa shape index (κ3) is 6.75. The van der Waals surface area contributed by atoms with Crippen LogP contribution in [-0.4, -0.2) is 39.9 Å². The van der Waals surface area contributed by atoms with E-state index < -0.39 is 23.6 Å². The van der Waals surface area contributed by atoms with Gasteiger partial charge in [0.25, 0.3) is 0 Å². The molecule has 204 valence electrons. The number of rotatable bonds is 6. The molecule has 1 aliphatic heterocycles. The highest BCUT2D eigenvalue weighted by Crippen LogP contribution is 2.32. The van der Waals surface area contributed by atoms with Crippen molar-refractivity contribution in [3.8, 4) is 0 Å². The largest absolute Gasteiger partial charge is 0.416 e. The van der Waals surface area contributed by atoms with E-state index in [4.69, 9.17) is 4.98 Å². The zero-order valence-corrected chi connectivity index (χ0v) is 22.2. The van der Waals surface area contributed by atoms with Gasteiger partial charge in [-0.1, -0.05) is 36.4 Å². The number of aryl methyl sites for hydroxylation is 1. The van der Waals surface area contributed by atoms with Crippen LogP contribution >= 0.6 is 11.3 Å². The van der Waals surface area contributed by atoms with Crippen LogP contribution in [0, 0.1) is 12.7 Å². The van der Waals surface area contributed by atoms with Gasteiger partial charge in [0.2, 0.25) is 0 Å². The van der Waals surface area contributed by atoms with Crippen LogP contribution in [0.15, 0.2) is 66.7 Å². The molecule has 0 atom stereocenters. The lowest BCUT2D eigenvalue weighted by molar-refractivity contribution is -0.137. The number of aromatic nitrogens is 1. The molecule has 2 amide bonds. The van der Waals surface area contributed by atoms with Gasteiger partial charge in [0.05, 0.1) is 22.3 Å². The predicted molar refractivity (Wildman–Crippen MR) is 145 cm³/mol. The topological polar surface area (TPSA) is 48.5 Å². The summed E-state index contributed by atoms with van der Waals surface area (Å²) in [6.07, 6.45) is -3.33. The molecule has 1 aromatic heterocycles. The predicted octanol–water partition coefficient (Wildman–Crippen LogP) is 7.46. The highest BCUT2D eigenvalue weighted by Gasteiger charge is 2.32. The summed E-state index contributed by atoms with van der Waals surface area (Å²) in [7, 11) is 0. The lowest BCUT2D eigenvalue weighted by Crippen LogP contribution is -2.48. The Hall–Kier alpha value is -3.50. The average Bonchev–Trinajstić information content (AvgIpc) is 3.29. The number of likely N-dealkylation sites (tertiary alicyclic amines) is 1. The molecule has 0 spiro atoms. The molecule has 10 heteroatoms. The van der Waals surface area contributed by atoms with Crippen LogP contribution in [0.1, 0.15) is 34.5 Å². The van der Waals surface area contributed by atoms with Crippen LogP contribution in [0.4, 0.5) is 28.0 Å². The molecule has 2 heterocycles. The quantitative estimate of drug-likeness (QED) is 0.251. The number of carbonyl (C=O) groups excluding carboxylic acids is 1. The van der Waals surface area contributed by atoms with Gasteiger partial charge in [-0.25, -0.2) is 14.2 Å². The first-order valence-corrected chi connectivity index (χ1v) is 13.5. The first-order valence-electron chi connectivity index (χ1n) is 12.7. The van der Waals surface area contributed by atoms with Crippen LogP contribution in [0.3, 0.4) is 0 Å². The molecule has 0 radical (unpaired) electrons. The Morgan fingerprint density at radius 3 is 2.54 bits per heavy atom. The number of anilines is 1. The Bertz CT molecular complexity index is 1450. The van der Waals surface area contributed by atoms with Gasteiger partial charge < -0.3 is 10.2 Å². The third-order valence-electron chi connectivity index (χ3n) is 6.88. The van der Waals surface area contributed by atoms with Gasteiger partial charge in [-0.05, 0) is 61.2 Å². The summed E-state index contributed by atoms with van der Waals surface area (Å²) in [4.78, 5) is 22.1. The highest BCUT2D eigenvalue weighted by molar-refractivity contribution is 7.18. The second-order valence-corrected chi connectivity index (χ2v) is 11.0. The normalized spacial score (nSPS) is 15.0. The van der Waals surface area contributed by atoms with Crippen molar-refractivity contribution in [2.75, 3.05) is 18.4 Å². The monoisotopic (exact) mass is 556 g/mol. The minimum absolute atomic E-state index is 0.130. The van der Waals surface area contributed by atoms with E-state index in [2.05, 4.69) is 28.4 Å². The van der Waals surface area contributed by atoms with Gasteiger partial charge in [-0.15, -0.1) is 11.3 Å². The molecule has 5 rings (SSSR count). The number of urea groups is 1. The first-order chi connectivity index (χ1) is 18.6. The minimum atomic E-state index is -4.72. The summed E-state index contributed by atoms with van der Waals surface area (Å²) in [5.74, 6) is -1.06. The number of nitrogens with one attached hydrogen (secondary N) is 1. The van der Waals surface area contributed by atoms with Gasteiger partial charge >= 0.3 is 12.2 Å². The van der Waals surface area contributed by atoms with Crippen LogP contribution in [-0.2, 0) is 19.3 Å². The van der Waals surface area contributed by atoms with Gasteiger partial charge in [-0.2, -0.15) is 13.2 Å². The van der Waals surface area contributed by atoms with Gasteiger partial charge in [0, 0.05) is 31.4 Å². The molecular formula is C29H28F4N4OS. The summed E-state index contributed by atoms with van der Waals surface area (Å²) in [6, 6.07) is 17.0. The Morgan fingerprint density at radius 2 is 1.82 bits per heavy atom. The van der Waals surface area contributed by atoms with Crippen molar-refractivity contribution in [3.05, 3.63) is 94.2 Å². The Balaban J connectivity index is 1.29. The maximum atomic E-state index is 13.9. The summed E-state index contributed by atoms with van der Waals surface area (Å²) >= 11 is 1.68. The van der Waals surface area contributed by atoms with E-state index in [0.29, 0.717) is 18.9 Å². The summed E-state index contributed by atoms with van der Waals surface area (Å²) in [6.45, 7) is 4.55. The third-order valence-corrected chi connectivity index (χ3v) is 7.90. The van der Waals surface area contributed by atoms with Crippen molar-refractivity contribution in [1.29, 1.82) is 0 Å². The fraction of sp³-hybridized carbons (Fsp3) is 0.310. The number of benzene rings is 3.